The molecule has 146 valence electrons. The molecule has 1 aliphatic heterocycles. The van der Waals surface area contributed by atoms with E-state index in [2.05, 4.69) is 20.4 Å². The molecule has 0 spiro atoms. The zero-order valence-corrected chi connectivity index (χ0v) is 16.4. The number of hydrogen-bond acceptors (Lipinski definition) is 5. The third kappa shape index (κ3) is 3.75. The molecule has 3 heterocycles. The first kappa shape index (κ1) is 18.6. The molecule has 0 aliphatic carbocycles. The van der Waals surface area contributed by atoms with E-state index in [0.717, 1.165) is 36.6 Å². The van der Waals surface area contributed by atoms with Crippen LogP contribution in [0.5, 0.6) is 5.75 Å². The van der Waals surface area contributed by atoms with Gasteiger partial charge in [-0.1, -0.05) is 23.7 Å². The Bertz CT molecular complexity index is 990. The van der Waals surface area contributed by atoms with Crippen molar-refractivity contribution in [3.8, 4) is 5.75 Å². The molecule has 7 nitrogen and oxygen atoms in total. The number of hydrogen-bond donors (Lipinski definition) is 1. The van der Waals surface area contributed by atoms with Gasteiger partial charge in [-0.05, 0) is 42.7 Å². The molecule has 2 aromatic heterocycles. The van der Waals surface area contributed by atoms with Crippen LogP contribution in [-0.2, 0) is 11.3 Å². The third-order valence-electron chi connectivity index (χ3n) is 5.05. The molecule has 3 aromatic rings. The summed E-state index contributed by atoms with van der Waals surface area (Å²) in [7, 11) is 1.63. The molecule has 0 unspecified atom stereocenters. The van der Waals surface area contributed by atoms with Gasteiger partial charge in [-0.3, -0.25) is 9.20 Å². The Hall–Kier alpha value is -2.80. The van der Waals surface area contributed by atoms with Crippen LogP contribution in [0.25, 0.3) is 5.65 Å². The molecule has 1 N–H and O–H groups in total. The van der Waals surface area contributed by atoms with Crippen LogP contribution in [-0.4, -0.2) is 40.7 Å². The van der Waals surface area contributed by atoms with Gasteiger partial charge in [-0.15, -0.1) is 10.2 Å². The highest BCUT2D eigenvalue weighted by Crippen LogP contribution is 2.25. The monoisotopic (exact) mass is 399 g/mol. The van der Waals surface area contributed by atoms with Gasteiger partial charge in [0.1, 0.15) is 5.75 Å². The van der Waals surface area contributed by atoms with Crippen LogP contribution in [0.4, 0.5) is 5.95 Å². The van der Waals surface area contributed by atoms with E-state index in [9.17, 15) is 4.79 Å². The Balaban J connectivity index is 1.43. The van der Waals surface area contributed by atoms with Gasteiger partial charge in [0.2, 0.25) is 11.9 Å². The van der Waals surface area contributed by atoms with Crippen molar-refractivity contribution in [3.63, 3.8) is 0 Å². The standard InChI is InChI=1S/C20H22ClN5O2/c1-28-16-7-2-5-14(11-16)12-22-19(27)15-6-3-9-25(13-15)20-24-23-18-17(21)8-4-10-26(18)20/h2,4-5,7-8,10-11,15H,3,6,9,12-13H2,1H3,(H,22,27)/t15-/m1/s1. The second-order valence-corrected chi connectivity index (χ2v) is 7.31. The first-order valence-electron chi connectivity index (χ1n) is 9.30. The third-order valence-corrected chi connectivity index (χ3v) is 5.34. The number of rotatable bonds is 5. The summed E-state index contributed by atoms with van der Waals surface area (Å²) in [6, 6.07) is 11.4. The van der Waals surface area contributed by atoms with E-state index < -0.39 is 0 Å². The summed E-state index contributed by atoms with van der Waals surface area (Å²) >= 11 is 6.19. The van der Waals surface area contributed by atoms with Crippen molar-refractivity contribution in [2.75, 3.05) is 25.1 Å². The normalized spacial score (nSPS) is 16.9. The molecule has 0 saturated carbocycles. The lowest BCUT2D eigenvalue weighted by atomic mass is 9.97. The summed E-state index contributed by atoms with van der Waals surface area (Å²) < 4.78 is 7.11. The molecule has 8 heteroatoms. The van der Waals surface area contributed by atoms with E-state index in [-0.39, 0.29) is 11.8 Å². The predicted octanol–water partition coefficient (Wildman–Crippen LogP) is 2.92. The van der Waals surface area contributed by atoms with Crippen LogP contribution in [0.2, 0.25) is 5.02 Å². The molecule has 1 fully saturated rings. The topological polar surface area (TPSA) is 71.8 Å². The highest BCUT2D eigenvalue weighted by Gasteiger charge is 2.28. The van der Waals surface area contributed by atoms with Crippen molar-refractivity contribution in [1.29, 1.82) is 0 Å². The van der Waals surface area contributed by atoms with Gasteiger partial charge in [0, 0.05) is 25.8 Å². The number of anilines is 1. The molecule has 1 aliphatic rings. The van der Waals surface area contributed by atoms with E-state index in [1.54, 1.807) is 13.2 Å². The predicted molar refractivity (Wildman–Crippen MR) is 108 cm³/mol. The number of carbonyl (C=O) groups is 1. The first-order chi connectivity index (χ1) is 13.7. The van der Waals surface area contributed by atoms with E-state index in [1.165, 1.54) is 0 Å². The van der Waals surface area contributed by atoms with Crippen LogP contribution in [0.1, 0.15) is 18.4 Å². The van der Waals surface area contributed by atoms with Gasteiger partial charge in [-0.2, -0.15) is 0 Å². The van der Waals surface area contributed by atoms with Gasteiger partial charge in [0.25, 0.3) is 0 Å². The number of aromatic nitrogens is 3. The van der Waals surface area contributed by atoms with E-state index >= 15 is 0 Å². The number of halogens is 1. The summed E-state index contributed by atoms with van der Waals surface area (Å²) in [5, 5.41) is 12.1. The number of carbonyl (C=O) groups excluding carboxylic acids is 1. The minimum absolute atomic E-state index is 0.0550. The highest BCUT2D eigenvalue weighted by molar-refractivity contribution is 6.33. The lowest BCUT2D eigenvalue weighted by Crippen LogP contribution is -2.43. The van der Waals surface area contributed by atoms with Crippen LogP contribution >= 0.6 is 11.6 Å². The van der Waals surface area contributed by atoms with Crippen molar-refractivity contribution < 1.29 is 9.53 Å². The number of ether oxygens (including phenoxy) is 1. The van der Waals surface area contributed by atoms with Gasteiger partial charge >= 0.3 is 0 Å². The number of fused-ring (bicyclic) bond motifs is 1. The van der Waals surface area contributed by atoms with E-state index in [4.69, 9.17) is 16.3 Å². The van der Waals surface area contributed by atoms with Crippen molar-refractivity contribution in [2.24, 2.45) is 5.92 Å². The lowest BCUT2D eigenvalue weighted by Gasteiger charge is -2.32. The molecule has 0 bridgehead atoms. The average molecular weight is 400 g/mol. The molecule has 4 rings (SSSR count). The fourth-order valence-electron chi connectivity index (χ4n) is 3.58. The Kier molecular flexibility index (Phi) is 5.34. The summed E-state index contributed by atoms with van der Waals surface area (Å²) in [4.78, 5) is 14.8. The minimum atomic E-state index is -0.0918. The van der Waals surface area contributed by atoms with Crippen molar-refractivity contribution in [2.45, 2.75) is 19.4 Å². The summed E-state index contributed by atoms with van der Waals surface area (Å²) in [6.07, 6.45) is 3.67. The number of methoxy groups -OCH3 is 1. The maximum Gasteiger partial charge on any atom is 0.231 e. The SMILES string of the molecule is COc1cccc(CNC(=O)[C@@H]2CCCN(c3nnc4c(Cl)cccn34)C2)c1. The fourth-order valence-corrected chi connectivity index (χ4v) is 3.78. The molecule has 0 radical (unpaired) electrons. The van der Waals surface area contributed by atoms with Crippen LogP contribution < -0.4 is 15.0 Å². The number of piperidine rings is 1. The number of nitrogens with zero attached hydrogens (tertiary/aromatic N) is 4. The van der Waals surface area contributed by atoms with Gasteiger partial charge in [0.15, 0.2) is 5.65 Å². The number of nitrogens with one attached hydrogen (secondary N) is 1. The first-order valence-corrected chi connectivity index (χ1v) is 9.68. The van der Waals surface area contributed by atoms with Gasteiger partial charge in [-0.25, -0.2) is 0 Å². The number of amides is 1. The smallest absolute Gasteiger partial charge is 0.231 e. The minimum Gasteiger partial charge on any atom is -0.497 e. The summed E-state index contributed by atoms with van der Waals surface area (Å²) in [5.41, 5.74) is 1.64. The van der Waals surface area contributed by atoms with Crippen molar-refractivity contribution >= 4 is 29.1 Å². The van der Waals surface area contributed by atoms with Crippen molar-refractivity contribution in [1.82, 2.24) is 19.9 Å². The molecule has 28 heavy (non-hydrogen) atoms. The molecule has 1 atom stereocenters. The second kappa shape index (κ2) is 8.06. The van der Waals surface area contributed by atoms with Crippen molar-refractivity contribution in [3.05, 3.63) is 53.2 Å². The van der Waals surface area contributed by atoms with Crippen LogP contribution in [0.3, 0.4) is 0 Å². The Morgan fingerprint density at radius 3 is 3.07 bits per heavy atom. The molecular weight excluding hydrogens is 378 g/mol. The number of pyridine rings is 1. The molecule has 1 saturated heterocycles. The van der Waals surface area contributed by atoms with Crippen LogP contribution in [0.15, 0.2) is 42.6 Å². The van der Waals surface area contributed by atoms with E-state index in [0.29, 0.717) is 23.8 Å². The quantitative estimate of drug-likeness (QED) is 0.714. The summed E-state index contributed by atoms with van der Waals surface area (Å²) in [5.74, 6) is 1.47. The Morgan fingerprint density at radius 1 is 1.32 bits per heavy atom. The molecule has 1 aromatic carbocycles. The highest BCUT2D eigenvalue weighted by atomic mass is 35.5. The lowest BCUT2D eigenvalue weighted by molar-refractivity contribution is -0.125. The molecule has 1 amide bonds. The number of benzene rings is 1. The van der Waals surface area contributed by atoms with E-state index in [1.807, 2.05) is 40.9 Å². The fraction of sp³-hybridized carbons (Fsp3) is 0.350. The second-order valence-electron chi connectivity index (χ2n) is 6.90. The maximum atomic E-state index is 12.7. The summed E-state index contributed by atoms with van der Waals surface area (Å²) in [6.45, 7) is 1.93. The average Bonchev–Trinajstić information content (AvgIpc) is 3.18. The molecular formula is C20H22ClN5O2. The van der Waals surface area contributed by atoms with Gasteiger partial charge in [0.05, 0.1) is 18.1 Å². The Morgan fingerprint density at radius 2 is 2.21 bits per heavy atom. The zero-order chi connectivity index (χ0) is 19.5. The largest absolute Gasteiger partial charge is 0.497 e. The van der Waals surface area contributed by atoms with Gasteiger partial charge < -0.3 is 15.0 Å². The van der Waals surface area contributed by atoms with Crippen LogP contribution in [0, 0.1) is 5.92 Å². The zero-order valence-electron chi connectivity index (χ0n) is 15.6. The maximum absolute atomic E-state index is 12.7. The Labute approximate surface area is 168 Å².